The standard InChI is InChI=1S/C11H9Cl2NS/c1-7-4-8(13)2-3-10(7)11-14-9(5-12)6-15-11/h2-4,6H,5H2,1H3. The molecule has 0 aliphatic heterocycles. The number of benzene rings is 1. The van der Waals surface area contributed by atoms with Crippen LogP contribution >= 0.6 is 34.5 Å². The fourth-order valence-electron chi connectivity index (χ4n) is 1.36. The third kappa shape index (κ3) is 2.33. The van der Waals surface area contributed by atoms with Crippen molar-refractivity contribution in [3.63, 3.8) is 0 Å². The summed E-state index contributed by atoms with van der Waals surface area (Å²) in [6.45, 7) is 2.03. The Labute approximate surface area is 103 Å². The van der Waals surface area contributed by atoms with Crippen molar-refractivity contribution < 1.29 is 0 Å². The van der Waals surface area contributed by atoms with Crippen LogP contribution in [0.25, 0.3) is 10.6 Å². The van der Waals surface area contributed by atoms with Crippen LogP contribution in [0.15, 0.2) is 23.6 Å². The van der Waals surface area contributed by atoms with Crippen molar-refractivity contribution >= 4 is 34.5 Å². The molecule has 0 aliphatic carbocycles. The molecule has 4 heteroatoms. The van der Waals surface area contributed by atoms with Crippen LogP contribution in [-0.4, -0.2) is 4.98 Å². The van der Waals surface area contributed by atoms with Gasteiger partial charge in [0.05, 0.1) is 11.6 Å². The third-order valence-electron chi connectivity index (χ3n) is 2.11. The normalized spacial score (nSPS) is 10.6. The lowest BCUT2D eigenvalue weighted by atomic mass is 10.1. The van der Waals surface area contributed by atoms with Gasteiger partial charge in [-0.2, -0.15) is 0 Å². The summed E-state index contributed by atoms with van der Waals surface area (Å²) in [6.07, 6.45) is 0. The summed E-state index contributed by atoms with van der Waals surface area (Å²) < 4.78 is 0. The molecule has 1 heterocycles. The molecule has 1 aromatic heterocycles. The molecule has 1 nitrogen and oxygen atoms in total. The second kappa shape index (κ2) is 4.52. The molecular formula is C11H9Cl2NS. The van der Waals surface area contributed by atoms with Gasteiger partial charge in [-0.1, -0.05) is 17.7 Å². The highest BCUT2D eigenvalue weighted by Gasteiger charge is 2.07. The van der Waals surface area contributed by atoms with Crippen molar-refractivity contribution in [2.45, 2.75) is 12.8 Å². The lowest BCUT2D eigenvalue weighted by Gasteiger charge is -2.01. The minimum Gasteiger partial charge on any atom is -0.240 e. The Balaban J connectivity index is 2.44. The van der Waals surface area contributed by atoms with Crippen LogP contribution in [0.3, 0.4) is 0 Å². The maximum Gasteiger partial charge on any atom is 0.123 e. The van der Waals surface area contributed by atoms with Crippen LogP contribution in [-0.2, 0) is 5.88 Å². The Hall–Kier alpha value is -0.570. The van der Waals surface area contributed by atoms with Gasteiger partial charge >= 0.3 is 0 Å². The van der Waals surface area contributed by atoms with E-state index in [1.807, 2.05) is 30.5 Å². The number of alkyl halides is 1. The van der Waals surface area contributed by atoms with Gasteiger partial charge in [-0.3, -0.25) is 0 Å². The van der Waals surface area contributed by atoms with Crippen LogP contribution in [0.1, 0.15) is 11.3 Å². The van der Waals surface area contributed by atoms with Crippen LogP contribution in [0, 0.1) is 6.92 Å². The first-order chi connectivity index (χ1) is 7.20. The van der Waals surface area contributed by atoms with Gasteiger partial charge in [-0.25, -0.2) is 4.98 Å². The largest absolute Gasteiger partial charge is 0.240 e. The molecule has 0 fully saturated rings. The number of thiazole rings is 1. The van der Waals surface area contributed by atoms with Gasteiger partial charge in [0.1, 0.15) is 5.01 Å². The number of hydrogen-bond donors (Lipinski definition) is 0. The second-order valence-corrected chi connectivity index (χ2v) is 4.80. The van der Waals surface area contributed by atoms with Gasteiger partial charge in [-0.15, -0.1) is 22.9 Å². The third-order valence-corrected chi connectivity index (χ3v) is 3.54. The first kappa shape index (κ1) is 10.9. The Morgan fingerprint density at radius 2 is 2.20 bits per heavy atom. The summed E-state index contributed by atoms with van der Waals surface area (Å²) in [7, 11) is 0. The number of nitrogens with zero attached hydrogens (tertiary/aromatic N) is 1. The van der Waals surface area contributed by atoms with Crippen LogP contribution in [0.2, 0.25) is 5.02 Å². The van der Waals surface area contributed by atoms with E-state index in [0.29, 0.717) is 5.88 Å². The van der Waals surface area contributed by atoms with Crippen molar-refractivity contribution in [1.82, 2.24) is 4.98 Å². The molecule has 0 unspecified atom stereocenters. The van der Waals surface area contributed by atoms with E-state index >= 15 is 0 Å². The van der Waals surface area contributed by atoms with E-state index in [1.165, 1.54) is 0 Å². The van der Waals surface area contributed by atoms with Crippen molar-refractivity contribution in [1.29, 1.82) is 0 Å². The first-order valence-electron chi connectivity index (χ1n) is 4.47. The molecule has 2 aromatic rings. The minimum absolute atomic E-state index is 0.461. The SMILES string of the molecule is Cc1cc(Cl)ccc1-c1nc(CCl)cs1. The van der Waals surface area contributed by atoms with E-state index in [-0.39, 0.29) is 0 Å². The molecule has 0 atom stereocenters. The Morgan fingerprint density at radius 3 is 2.80 bits per heavy atom. The van der Waals surface area contributed by atoms with E-state index < -0.39 is 0 Å². The quantitative estimate of drug-likeness (QED) is 0.722. The van der Waals surface area contributed by atoms with Gasteiger partial charge < -0.3 is 0 Å². The molecule has 0 amide bonds. The minimum atomic E-state index is 0.461. The number of aromatic nitrogens is 1. The average molecular weight is 258 g/mol. The van der Waals surface area contributed by atoms with E-state index in [2.05, 4.69) is 4.98 Å². The van der Waals surface area contributed by atoms with Gasteiger partial charge in [0.25, 0.3) is 0 Å². The maximum absolute atomic E-state index is 5.90. The maximum atomic E-state index is 5.90. The fraction of sp³-hybridized carbons (Fsp3) is 0.182. The summed E-state index contributed by atoms with van der Waals surface area (Å²) in [6, 6.07) is 5.82. The lowest BCUT2D eigenvalue weighted by Crippen LogP contribution is -1.83. The number of rotatable bonds is 2. The Kier molecular flexibility index (Phi) is 3.29. The topological polar surface area (TPSA) is 12.9 Å². The molecular weight excluding hydrogens is 249 g/mol. The summed E-state index contributed by atoms with van der Waals surface area (Å²) >= 11 is 13.2. The van der Waals surface area contributed by atoms with Crippen molar-refractivity contribution in [2.24, 2.45) is 0 Å². The first-order valence-corrected chi connectivity index (χ1v) is 6.27. The van der Waals surface area contributed by atoms with Gasteiger partial charge in [0, 0.05) is 16.0 Å². The Bertz CT molecular complexity index is 479. The number of hydrogen-bond acceptors (Lipinski definition) is 2. The van der Waals surface area contributed by atoms with Crippen LogP contribution in [0.4, 0.5) is 0 Å². The predicted octanol–water partition coefficient (Wildman–Crippen LogP) is 4.51. The highest BCUT2D eigenvalue weighted by Crippen LogP contribution is 2.28. The molecule has 0 saturated carbocycles. The summed E-state index contributed by atoms with van der Waals surface area (Å²) in [4.78, 5) is 4.43. The highest BCUT2D eigenvalue weighted by atomic mass is 35.5. The smallest absolute Gasteiger partial charge is 0.123 e. The zero-order valence-electron chi connectivity index (χ0n) is 8.13. The number of aryl methyl sites for hydroxylation is 1. The molecule has 0 spiro atoms. The van der Waals surface area contributed by atoms with E-state index in [4.69, 9.17) is 23.2 Å². The van der Waals surface area contributed by atoms with Gasteiger partial charge in [0.2, 0.25) is 0 Å². The number of halogens is 2. The lowest BCUT2D eigenvalue weighted by molar-refractivity contribution is 1.23. The molecule has 2 rings (SSSR count). The fourth-order valence-corrected chi connectivity index (χ4v) is 2.72. The monoisotopic (exact) mass is 257 g/mol. The van der Waals surface area contributed by atoms with Gasteiger partial charge in [-0.05, 0) is 24.6 Å². The van der Waals surface area contributed by atoms with Crippen molar-refractivity contribution in [2.75, 3.05) is 0 Å². The zero-order chi connectivity index (χ0) is 10.8. The Morgan fingerprint density at radius 1 is 1.40 bits per heavy atom. The van der Waals surface area contributed by atoms with E-state index in [0.717, 1.165) is 26.9 Å². The molecule has 0 radical (unpaired) electrons. The molecule has 0 N–H and O–H groups in total. The van der Waals surface area contributed by atoms with Gasteiger partial charge in [0.15, 0.2) is 0 Å². The summed E-state index contributed by atoms with van der Waals surface area (Å²) in [5.41, 5.74) is 3.18. The van der Waals surface area contributed by atoms with Crippen LogP contribution in [0.5, 0.6) is 0 Å². The zero-order valence-corrected chi connectivity index (χ0v) is 10.5. The predicted molar refractivity (Wildman–Crippen MR) is 66.9 cm³/mol. The van der Waals surface area contributed by atoms with E-state index in [1.54, 1.807) is 11.3 Å². The summed E-state index contributed by atoms with van der Waals surface area (Å²) in [5, 5.41) is 3.74. The molecule has 0 aliphatic rings. The van der Waals surface area contributed by atoms with Crippen molar-refractivity contribution in [3.8, 4) is 10.6 Å². The highest BCUT2D eigenvalue weighted by molar-refractivity contribution is 7.13. The molecule has 0 saturated heterocycles. The average Bonchev–Trinajstić information content (AvgIpc) is 2.66. The summed E-state index contributed by atoms with van der Waals surface area (Å²) in [5.74, 6) is 0.461. The molecule has 1 aromatic carbocycles. The van der Waals surface area contributed by atoms with Crippen LogP contribution < -0.4 is 0 Å². The van der Waals surface area contributed by atoms with Crippen molar-refractivity contribution in [3.05, 3.63) is 39.9 Å². The molecule has 15 heavy (non-hydrogen) atoms. The second-order valence-electron chi connectivity index (χ2n) is 3.24. The molecule has 0 bridgehead atoms. The molecule has 78 valence electrons. The van der Waals surface area contributed by atoms with E-state index in [9.17, 15) is 0 Å².